The van der Waals surface area contributed by atoms with E-state index in [9.17, 15) is 4.79 Å². The molecule has 130 valence electrons. The highest BCUT2D eigenvalue weighted by Crippen LogP contribution is 2.40. The predicted octanol–water partition coefficient (Wildman–Crippen LogP) is 2.16. The van der Waals surface area contributed by atoms with Crippen LogP contribution in [0, 0.1) is 5.41 Å². The summed E-state index contributed by atoms with van der Waals surface area (Å²) >= 11 is 0. The van der Waals surface area contributed by atoms with Crippen molar-refractivity contribution in [3.8, 4) is 11.5 Å². The molecule has 2 fully saturated rings. The quantitative estimate of drug-likeness (QED) is 0.833. The largest absolute Gasteiger partial charge is 0.486 e. The molecule has 5 nitrogen and oxygen atoms in total. The molecule has 1 atom stereocenters. The first kappa shape index (κ1) is 15.8. The number of para-hydroxylation sites is 2. The van der Waals surface area contributed by atoms with E-state index in [1.165, 1.54) is 12.8 Å². The Balaban J connectivity index is 1.30. The smallest absolute Gasteiger partial charge is 0.222 e. The Hall–Kier alpha value is -1.75. The first-order valence-electron chi connectivity index (χ1n) is 8.98. The number of hydrogen-bond donors (Lipinski definition) is 0. The van der Waals surface area contributed by atoms with E-state index in [-0.39, 0.29) is 6.10 Å². The molecule has 1 amide bonds. The highest BCUT2D eigenvalue weighted by molar-refractivity contribution is 5.76. The van der Waals surface area contributed by atoms with E-state index in [4.69, 9.17) is 9.47 Å². The second-order valence-corrected chi connectivity index (χ2v) is 7.55. The molecule has 0 saturated carbocycles. The number of nitrogens with zero attached hydrogens (tertiary/aromatic N) is 2. The molecular formula is C19H26N2O3. The summed E-state index contributed by atoms with van der Waals surface area (Å²) in [6.07, 6.45) is 4.22. The molecule has 3 heterocycles. The van der Waals surface area contributed by atoms with Crippen LogP contribution in [0.15, 0.2) is 24.3 Å². The Morgan fingerprint density at radius 2 is 1.92 bits per heavy atom. The number of rotatable bonds is 2. The lowest BCUT2D eigenvalue weighted by molar-refractivity contribution is -0.137. The van der Waals surface area contributed by atoms with Crippen molar-refractivity contribution >= 4 is 5.91 Å². The third kappa shape index (κ3) is 3.09. The van der Waals surface area contributed by atoms with Crippen molar-refractivity contribution in [3.63, 3.8) is 0 Å². The number of amides is 1. The maximum Gasteiger partial charge on any atom is 0.222 e. The van der Waals surface area contributed by atoms with Gasteiger partial charge in [-0.15, -0.1) is 0 Å². The van der Waals surface area contributed by atoms with Crippen LogP contribution in [0.5, 0.6) is 11.5 Å². The van der Waals surface area contributed by atoms with Gasteiger partial charge in [0, 0.05) is 26.6 Å². The van der Waals surface area contributed by atoms with Gasteiger partial charge >= 0.3 is 0 Å². The van der Waals surface area contributed by atoms with Crippen molar-refractivity contribution in [2.45, 2.75) is 31.8 Å². The van der Waals surface area contributed by atoms with Gasteiger partial charge in [-0.1, -0.05) is 12.1 Å². The van der Waals surface area contributed by atoms with Gasteiger partial charge in [0.1, 0.15) is 12.7 Å². The second-order valence-electron chi connectivity index (χ2n) is 7.55. The van der Waals surface area contributed by atoms with E-state index in [2.05, 4.69) is 4.90 Å². The van der Waals surface area contributed by atoms with Crippen molar-refractivity contribution in [2.75, 3.05) is 39.8 Å². The Bertz CT molecular complexity index is 610. The van der Waals surface area contributed by atoms with Gasteiger partial charge in [0.15, 0.2) is 11.5 Å². The van der Waals surface area contributed by atoms with Gasteiger partial charge in [0.25, 0.3) is 0 Å². The molecule has 2 saturated heterocycles. The van der Waals surface area contributed by atoms with E-state index in [1.54, 1.807) is 0 Å². The van der Waals surface area contributed by atoms with Crippen LogP contribution in [0.25, 0.3) is 0 Å². The SMILES string of the molecule is CN1CC2(CCC1=O)CCN(C[C@H]1COc3ccccc3O1)CC2. The van der Waals surface area contributed by atoms with Crippen LogP contribution in [0.4, 0.5) is 0 Å². The fourth-order valence-corrected chi connectivity index (χ4v) is 4.29. The van der Waals surface area contributed by atoms with Crippen LogP contribution in [0.3, 0.4) is 0 Å². The average Bonchev–Trinajstić information content (AvgIpc) is 2.61. The van der Waals surface area contributed by atoms with Gasteiger partial charge in [0.05, 0.1) is 0 Å². The molecule has 24 heavy (non-hydrogen) atoms. The topological polar surface area (TPSA) is 42.0 Å². The number of likely N-dealkylation sites (tertiary alicyclic amines) is 2. The van der Waals surface area contributed by atoms with Crippen LogP contribution in [0.1, 0.15) is 25.7 Å². The zero-order chi connectivity index (χ0) is 16.6. The van der Waals surface area contributed by atoms with Crippen molar-refractivity contribution in [2.24, 2.45) is 5.41 Å². The minimum absolute atomic E-state index is 0.101. The number of piperidine rings is 2. The number of carbonyl (C=O) groups is 1. The monoisotopic (exact) mass is 330 g/mol. The molecule has 4 rings (SSSR count). The Morgan fingerprint density at radius 1 is 1.17 bits per heavy atom. The first-order chi connectivity index (χ1) is 11.6. The lowest BCUT2D eigenvalue weighted by atomic mass is 9.72. The molecule has 0 aromatic heterocycles. The molecule has 0 N–H and O–H groups in total. The van der Waals surface area contributed by atoms with Crippen molar-refractivity contribution in [1.29, 1.82) is 0 Å². The number of carbonyl (C=O) groups excluding carboxylic acids is 1. The molecule has 3 aliphatic heterocycles. The number of hydrogen-bond acceptors (Lipinski definition) is 4. The molecule has 0 radical (unpaired) electrons. The zero-order valence-corrected chi connectivity index (χ0v) is 14.4. The maximum absolute atomic E-state index is 11.7. The summed E-state index contributed by atoms with van der Waals surface area (Å²) in [6.45, 7) is 4.64. The maximum atomic E-state index is 11.7. The summed E-state index contributed by atoms with van der Waals surface area (Å²) < 4.78 is 11.9. The molecule has 5 heteroatoms. The molecule has 1 spiro atoms. The minimum atomic E-state index is 0.101. The van der Waals surface area contributed by atoms with E-state index in [1.807, 2.05) is 36.2 Å². The summed E-state index contributed by atoms with van der Waals surface area (Å²) in [5.41, 5.74) is 0.343. The number of benzene rings is 1. The fraction of sp³-hybridized carbons (Fsp3) is 0.632. The minimum Gasteiger partial charge on any atom is -0.486 e. The van der Waals surface area contributed by atoms with Crippen LogP contribution in [0.2, 0.25) is 0 Å². The van der Waals surface area contributed by atoms with Crippen molar-refractivity contribution < 1.29 is 14.3 Å². The fourth-order valence-electron chi connectivity index (χ4n) is 4.29. The van der Waals surface area contributed by atoms with Gasteiger partial charge in [0.2, 0.25) is 5.91 Å². The molecule has 0 aliphatic carbocycles. The third-order valence-corrected chi connectivity index (χ3v) is 5.81. The van der Waals surface area contributed by atoms with Crippen LogP contribution < -0.4 is 9.47 Å². The van der Waals surface area contributed by atoms with Crippen LogP contribution >= 0.6 is 0 Å². The molecule has 1 aromatic rings. The van der Waals surface area contributed by atoms with E-state index < -0.39 is 0 Å². The van der Waals surface area contributed by atoms with Crippen LogP contribution in [-0.4, -0.2) is 61.6 Å². The molecule has 1 aromatic carbocycles. The average molecular weight is 330 g/mol. The van der Waals surface area contributed by atoms with Gasteiger partial charge in [-0.25, -0.2) is 0 Å². The number of fused-ring (bicyclic) bond motifs is 1. The van der Waals surface area contributed by atoms with Gasteiger partial charge < -0.3 is 14.4 Å². The van der Waals surface area contributed by atoms with Crippen LogP contribution in [-0.2, 0) is 4.79 Å². The standard InChI is InChI=1S/C19H26N2O3/c1-20-14-19(7-6-18(20)22)8-10-21(11-9-19)12-15-13-23-16-4-2-3-5-17(16)24-15/h2-5,15H,6-14H2,1H3/t15-/m0/s1. The lowest BCUT2D eigenvalue weighted by Gasteiger charge is -2.47. The lowest BCUT2D eigenvalue weighted by Crippen LogP contribution is -2.52. The van der Waals surface area contributed by atoms with Gasteiger partial charge in [-0.05, 0) is 49.9 Å². The van der Waals surface area contributed by atoms with E-state index in [0.717, 1.165) is 44.1 Å². The first-order valence-corrected chi connectivity index (χ1v) is 8.98. The third-order valence-electron chi connectivity index (χ3n) is 5.81. The predicted molar refractivity (Wildman–Crippen MR) is 91.3 cm³/mol. The molecule has 0 unspecified atom stereocenters. The van der Waals surface area contributed by atoms with E-state index in [0.29, 0.717) is 24.3 Å². The molecule has 3 aliphatic rings. The Labute approximate surface area is 143 Å². The molecular weight excluding hydrogens is 304 g/mol. The summed E-state index contributed by atoms with van der Waals surface area (Å²) in [5, 5.41) is 0. The molecule has 0 bridgehead atoms. The normalized spacial score (nSPS) is 26.6. The highest BCUT2D eigenvalue weighted by Gasteiger charge is 2.40. The van der Waals surface area contributed by atoms with Crippen molar-refractivity contribution in [3.05, 3.63) is 24.3 Å². The Kier molecular flexibility index (Phi) is 4.12. The summed E-state index contributed by atoms with van der Waals surface area (Å²) in [7, 11) is 1.94. The highest BCUT2D eigenvalue weighted by atomic mass is 16.6. The summed E-state index contributed by atoms with van der Waals surface area (Å²) in [5.74, 6) is 2.00. The number of ether oxygens (including phenoxy) is 2. The van der Waals surface area contributed by atoms with Gasteiger partial charge in [-0.2, -0.15) is 0 Å². The van der Waals surface area contributed by atoms with Crippen molar-refractivity contribution in [1.82, 2.24) is 9.80 Å². The zero-order valence-electron chi connectivity index (χ0n) is 14.4. The Morgan fingerprint density at radius 3 is 2.67 bits per heavy atom. The second kappa shape index (κ2) is 6.28. The summed E-state index contributed by atoms with van der Waals surface area (Å²) in [4.78, 5) is 16.1. The summed E-state index contributed by atoms with van der Waals surface area (Å²) in [6, 6.07) is 7.88. The van der Waals surface area contributed by atoms with Gasteiger partial charge in [-0.3, -0.25) is 9.69 Å². The van der Waals surface area contributed by atoms with E-state index >= 15 is 0 Å².